The van der Waals surface area contributed by atoms with E-state index in [2.05, 4.69) is 0 Å². The Kier molecular flexibility index (Phi) is 5.18. The highest BCUT2D eigenvalue weighted by molar-refractivity contribution is 7.91. The Morgan fingerprint density at radius 2 is 1.73 bits per heavy atom. The van der Waals surface area contributed by atoms with Gasteiger partial charge < -0.3 is 10.0 Å². The van der Waals surface area contributed by atoms with Crippen LogP contribution in [0.4, 0.5) is 0 Å². The number of amides is 1. The lowest BCUT2D eigenvalue weighted by Crippen LogP contribution is -2.42. The lowest BCUT2D eigenvalue weighted by atomic mass is 9.97. The summed E-state index contributed by atoms with van der Waals surface area (Å²) in [6, 6.07) is 8.72. The van der Waals surface area contributed by atoms with Crippen molar-refractivity contribution in [2.24, 2.45) is 5.92 Å². The highest BCUT2D eigenvalue weighted by Crippen LogP contribution is 2.18. The molecule has 0 bridgehead atoms. The van der Waals surface area contributed by atoms with Gasteiger partial charge in [0.1, 0.15) is 5.75 Å². The molecule has 1 saturated heterocycles. The second-order valence-electron chi connectivity index (χ2n) is 5.51. The number of carboxylic acid groups (broad SMARTS) is 1. The van der Waals surface area contributed by atoms with Crippen molar-refractivity contribution in [2.45, 2.75) is 18.6 Å². The van der Waals surface area contributed by atoms with Crippen molar-refractivity contribution in [2.75, 3.05) is 18.8 Å². The van der Waals surface area contributed by atoms with Crippen molar-refractivity contribution in [3.8, 4) is 0 Å². The van der Waals surface area contributed by atoms with Crippen molar-refractivity contribution in [3.05, 3.63) is 35.9 Å². The zero-order chi connectivity index (χ0) is 16.2. The molecule has 1 fully saturated rings. The van der Waals surface area contributed by atoms with Crippen LogP contribution in [0.2, 0.25) is 0 Å². The molecular weight excluding hydrogens is 306 g/mol. The zero-order valence-electron chi connectivity index (χ0n) is 12.1. The van der Waals surface area contributed by atoms with E-state index in [0.717, 1.165) is 0 Å². The number of carboxylic acids is 1. The van der Waals surface area contributed by atoms with Gasteiger partial charge in [0.15, 0.2) is 9.84 Å². The van der Waals surface area contributed by atoms with Gasteiger partial charge in [-0.05, 0) is 18.4 Å². The number of benzene rings is 1. The molecule has 0 atom stereocenters. The van der Waals surface area contributed by atoms with Gasteiger partial charge in [0.2, 0.25) is 5.91 Å². The molecule has 1 aromatic rings. The monoisotopic (exact) mass is 325 g/mol. The van der Waals surface area contributed by atoms with Crippen molar-refractivity contribution in [3.63, 3.8) is 0 Å². The Bertz CT molecular complexity index is 633. The predicted molar refractivity (Wildman–Crippen MR) is 80.9 cm³/mol. The van der Waals surface area contributed by atoms with Crippen LogP contribution < -0.4 is 0 Å². The molecular formula is C15H19NO5S. The molecule has 0 unspecified atom stereocenters. The van der Waals surface area contributed by atoms with E-state index < -0.39 is 33.4 Å². The van der Waals surface area contributed by atoms with E-state index >= 15 is 0 Å². The molecule has 1 aliphatic rings. The van der Waals surface area contributed by atoms with Crippen molar-refractivity contribution < 1.29 is 23.1 Å². The van der Waals surface area contributed by atoms with Crippen LogP contribution in [0.5, 0.6) is 0 Å². The number of piperidine rings is 1. The van der Waals surface area contributed by atoms with E-state index in [1.54, 1.807) is 30.3 Å². The van der Waals surface area contributed by atoms with Crippen LogP contribution >= 0.6 is 0 Å². The maximum absolute atomic E-state index is 12.1. The summed E-state index contributed by atoms with van der Waals surface area (Å²) in [5.41, 5.74) is 0.653. The first-order valence-corrected chi connectivity index (χ1v) is 8.94. The van der Waals surface area contributed by atoms with Gasteiger partial charge >= 0.3 is 5.97 Å². The molecule has 0 saturated carbocycles. The summed E-state index contributed by atoms with van der Waals surface area (Å²) in [5.74, 6) is -2.43. The molecule has 22 heavy (non-hydrogen) atoms. The van der Waals surface area contributed by atoms with Crippen LogP contribution in [0.1, 0.15) is 18.4 Å². The van der Waals surface area contributed by atoms with Crippen LogP contribution in [0.3, 0.4) is 0 Å². The molecule has 0 aliphatic carbocycles. The molecule has 1 amide bonds. The quantitative estimate of drug-likeness (QED) is 0.869. The van der Waals surface area contributed by atoms with Crippen molar-refractivity contribution >= 4 is 21.7 Å². The summed E-state index contributed by atoms with van der Waals surface area (Å²) in [4.78, 5) is 24.4. The fourth-order valence-corrected chi connectivity index (χ4v) is 3.90. The third-order valence-corrected chi connectivity index (χ3v) is 5.23. The van der Waals surface area contributed by atoms with Gasteiger partial charge in [-0.2, -0.15) is 0 Å². The van der Waals surface area contributed by atoms with Gasteiger partial charge in [0, 0.05) is 13.1 Å². The Hall–Kier alpha value is -1.89. The van der Waals surface area contributed by atoms with E-state index in [4.69, 9.17) is 5.11 Å². The first kappa shape index (κ1) is 16.5. The predicted octanol–water partition coefficient (Wildman–Crippen LogP) is 0.925. The topological polar surface area (TPSA) is 91.8 Å². The molecule has 0 spiro atoms. The molecule has 1 N–H and O–H groups in total. The Balaban J connectivity index is 1.90. The van der Waals surface area contributed by atoms with Gasteiger partial charge in [0.25, 0.3) is 0 Å². The first-order valence-electron chi connectivity index (χ1n) is 7.12. The minimum absolute atomic E-state index is 0.162. The molecule has 0 aromatic heterocycles. The molecule has 2 rings (SSSR count). The Morgan fingerprint density at radius 1 is 1.14 bits per heavy atom. The number of hydrogen-bond donors (Lipinski definition) is 1. The summed E-state index contributed by atoms with van der Waals surface area (Å²) >= 11 is 0. The van der Waals surface area contributed by atoms with Gasteiger partial charge in [-0.1, -0.05) is 30.3 Å². The normalized spacial score (nSPS) is 16.5. The number of hydrogen-bond acceptors (Lipinski definition) is 4. The number of likely N-dealkylation sites (tertiary alicyclic amines) is 1. The van der Waals surface area contributed by atoms with E-state index in [1.807, 2.05) is 0 Å². The van der Waals surface area contributed by atoms with Gasteiger partial charge in [-0.15, -0.1) is 0 Å². The second-order valence-corrected chi connectivity index (χ2v) is 7.58. The summed E-state index contributed by atoms with van der Waals surface area (Å²) in [6.07, 6.45) is 0.750. The maximum Gasteiger partial charge on any atom is 0.306 e. The van der Waals surface area contributed by atoms with E-state index in [1.165, 1.54) is 4.90 Å². The van der Waals surface area contributed by atoms with Gasteiger partial charge in [0.05, 0.1) is 11.7 Å². The third kappa shape index (κ3) is 4.56. The molecule has 7 heteroatoms. The SMILES string of the molecule is O=C(O)C1CCN(C(=O)CS(=O)(=O)Cc2ccccc2)CC1. The summed E-state index contributed by atoms with van der Waals surface area (Å²) in [7, 11) is -3.52. The fraction of sp³-hybridized carbons (Fsp3) is 0.467. The maximum atomic E-state index is 12.1. The summed E-state index contributed by atoms with van der Waals surface area (Å²) < 4.78 is 24.2. The fourth-order valence-electron chi connectivity index (χ4n) is 2.53. The lowest BCUT2D eigenvalue weighted by Gasteiger charge is -2.30. The molecule has 1 aliphatic heterocycles. The molecule has 6 nitrogen and oxygen atoms in total. The summed E-state index contributed by atoms with van der Waals surface area (Å²) in [6.45, 7) is 0.604. The smallest absolute Gasteiger partial charge is 0.306 e. The van der Waals surface area contributed by atoms with E-state index in [0.29, 0.717) is 31.5 Å². The molecule has 1 heterocycles. The largest absolute Gasteiger partial charge is 0.481 e. The molecule has 1 aromatic carbocycles. The van der Waals surface area contributed by atoms with Crippen molar-refractivity contribution in [1.82, 2.24) is 4.90 Å². The zero-order valence-corrected chi connectivity index (χ0v) is 13.0. The summed E-state index contributed by atoms with van der Waals surface area (Å²) in [5, 5.41) is 8.91. The number of aliphatic carboxylic acids is 1. The highest BCUT2D eigenvalue weighted by atomic mass is 32.2. The average Bonchev–Trinajstić information content (AvgIpc) is 2.47. The second kappa shape index (κ2) is 6.91. The number of sulfone groups is 1. The number of carbonyl (C=O) groups excluding carboxylic acids is 1. The lowest BCUT2D eigenvalue weighted by molar-refractivity contribution is -0.145. The van der Waals surface area contributed by atoms with Gasteiger partial charge in [-0.25, -0.2) is 8.42 Å². The average molecular weight is 325 g/mol. The van der Waals surface area contributed by atoms with Crippen molar-refractivity contribution in [1.29, 1.82) is 0 Å². The molecule has 120 valence electrons. The van der Waals surface area contributed by atoms with Crippen LogP contribution in [-0.2, 0) is 25.2 Å². The van der Waals surface area contributed by atoms with Crippen LogP contribution in [0.25, 0.3) is 0 Å². The number of nitrogens with zero attached hydrogens (tertiary/aromatic N) is 1. The number of carbonyl (C=O) groups is 2. The van der Waals surface area contributed by atoms with Gasteiger partial charge in [-0.3, -0.25) is 9.59 Å². The molecule has 0 radical (unpaired) electrons. The minimum Gasteiger partial charge on any atom is -0.481 e. The standard InChI is InChI=1S/C15H19NO5S/c17-14(16-8-6-13(7-9-16)15(18)19)11-22(20,21)10-12-4-2-1-3-5-12/h1-5,13H,6-11H2,(H,18,19). The van der Waals surface area contributed by atoms with E-state index in [9.17, 15) is 18.0 Å². The minimum atomic E-state index is -3.52. The number of rotatable bonds is 5. The third-order valence-electron chi connectivity index (χ3n) is 3.77. The van der Waals surface area contributed by atoms with Crippen LogP contribution in [0, 0.1) is 5.92 Å². The van der Waals surface area contributed by atoms with E-state index in [-0.39, 0.29) is 5.75 Å². The van der Waals surface area contributed by atoms with Crippen LogP contribution in [-0.4, -0.2) is 49.1 Å². The first-order chi connectivity index (χ1) is 10.4. The highest BCUT2D eigenvalue weighted by Gasteiger charge is 2.29. The Morgan fingerprint density at radius 3 is 2.27 bits per heavy atom. The van der Waals surface area contributed by atoms with Crippen LogP contribution in [0.15, 0.2) is 30.3 Å². The Labute approximate surface area is 129 Å².